The average molecular weight is 550 g/mol. The molecule has 0 spiro atoms. The number of nitrogens with two attached hydrogens (primary N) is 1. The minimum atomic E-state index is -1.55. The lowest BCUT2D eigenvalue weighted by Gasteiger charge is -2.26. The number of amides is 1. The van der Waals surface area contributed by atoms with Crippen LogP contribution in [0, 0.1) is 12.7 Å². The molecule has 1 aliphatic heterocycles. The molecule has 4 aromatic rings. The first-order valence-electron chi connectivity index (χ1n) is 12.4. The molecule has 1 amide bonds. The first-order valence-corrected chi connectivity index (χ1v) is 13.2. The Morgan fingerprint density at radius 3 is 2.62 bits per heavy atom. The number of aromatic nitrogens is 2. The highest BCUT2D eigenvalue weighted by atomic mass is 32.1. The molecule has 0 bridgehead atoms. The van der Waals surface area contributed by atoms with Crippen LogP contribution in [0.2, 0.25) is 0 Å². The molecule has 3 N–H and O–H groups in total. The van der Waals surface area contributed by atoms with E-state index >= 15 is 0 Å². The van der Waals surface area contributed by atoms with E-state index < -0.39 is 22.7 Å². The fourth-order valence-corrected chi connectivity index (χ4v) is 5.61. The van der Waals surface area contributed by atoms with Crippen molar-refractivity contribution in [3.8, 4) is 22.8 Å². The van der Waals surface area contributed by atoms with E-state index in [0.717, 1.165) is 9.71 Å². The number of Topliss-reactive ketones (excluding diaryl/α,β-unsaturated/α-hetero) is 1. The summed E-state index contributed by atoms with van der Waals surface area (Å²) in [5.41, 5.74) is 5.85. The van der Waals surface area contributed by atoms with Crippen molar-refractivity contribution >= 4 is 33.2 Å². The molecular formula is C29H28FN3O5S. The molecule has 0 aliphatic carbocycles. The summed E-state index contributed by atoms with van der Waals surface area (Å²) in [6, 6.07) is 10.8. The van der Waals surface area contributed by atoms with Gasteiger partial charge in [0, 0.05) is 23.1 Å². The zero-order valence-corrected chi connectivity index (χ0v) is 22.8. The molecule has 1 aliphatic rings. The first-order chi connectivity index (χ1) is 18.4. The van der Waals surface area contributed by atoms with Gasteiger partial charge in [0.2, 0.25) is 5.91 Å². The van der Waals surface area contributed by atoms with E-state index in [9.17, 15) is 19.1 Å². The molecule has 0 radical (unpaired) electrons. The van der Waals surface area contributed by atoms with Gasteiger partial charge in [-0.05, 0) is 69.7 Å². The number of hydrogen-bond acceptors (Lipinski definition) is 8. The SMILES string of the molecule is COc1cc(C(=O)CC[C@](C)(O)c2cc3c(c(-c4ccc(F)cc4)n2)OC[C@]3(C)C(N)=O)cc2sc(C)nc12. The van der Waals surface area contributed by atoms with Gasteiger partial charge in [0.1, 0.15) is 46.1 Å². The number of primary amides is 1. The summed E-state index contributed by atoms with van der Waals surface area (Å²) in [6.45, 7) is 5.14. The van der Waals surface area contributed by atoms with E-state index in [2.05, 4.69) is 9.97 Å². The molecule has 2 aromatic heterocycles. The number of fused-ring (bicyclic) bond motifs is 2. The highest BCUT2D eigenvalue weighted by Gasteiger charge is 2.45. The number of carbonyl (C=O) groups is 2. The standard InChI is InChI=1S/C29H28FN3O5S/c1-15-32-25-21(37-4)11-17(12-22(25)39-15)20(34)9-10-29(3,36)23-13-19-26(38-14-28(19,2)27(31)35)24(33-23)16-5-7-18(30)8-6-16/h5-8,11-13,36H,9-10,14H2,1-4H3,(H2,31,35)/t28-,29-/m0/s1. The van der Waals surface area contributed by atoms with E-state index in [1.807, 2.05) is 6.92 Å². The number of ether oxygens (including phenoxy) is 2. The number of benzene rings is 2. The smallest absolute Gasteiger partial charge is 0.231 e. The Morgan fingerprint density at radius 2 is 1.95 bits per heavy atom. The number of pyridine rings is 1. The summed E-state index contributed by atoms with van der Waals surface area (Å²) >= 11 is 1.47. The van der Waals surface area contributed by atoms with Crippen LogP contribution < -0.4 is 15.2 Å². The number of ketones is 1. The fourth-order valence-electron chi connectivity index (χ4n) is 4.72. The van der Waals surface area contributed by atoms with Crippen LogP contribution in [-0.4, -0.2) is 40.5 Å². The quantitative estimate of drug-likeness (QED) is 0.302. The first kappa shape index (κ1) is 26.7. The summed E-state index contributed by atoms with van der Waals surface area (Å²) in [5.74, 6) is -0.295. The average Bonchev–Trinajstić information content (AvgIpc) is 3.46. The normalized spacial score (nSPS) is 17.9. The summed E-state index contributed by atoms with van der Waals surface area (Å²) < 4.78 is 25.8. The summed E-state index contributed by atoms with van der Waals surface area (Å²) in [5, 5.41) is 12.4. The predicted octanol–water partition coefficient (Wildman–Crippen LogP) is 4.82. The molecule has 0 saturated carbocycles. The Morgan fingerprint density at radius 1 is 1.23 bits per heavy atom. The van der Waals surface area contributed by atoms with Crippen LogP contribution in [0.4, 0.5) is 4.39 Å². The van der Waals surface area contributed by atoms with Gasteiger partial charge in [0.15, 0.2) is 5.78 Å². The van der Waals surface area contributed by atoms with E-state index in [0.29, 0.717) is 39.4 Å². The van der Waals surface area contributed by atoms with E-state index in [-0.39, 0.29) is 30.9 Å². The molecule has 2 atom stereocenters. The van der Waals surface area contributed by atoms with Crippen LogP contribution in [0.25, 0.3) is 21.5 Å². The van der Waals surface area contributed by atoms with Crippen LogP contribution in [0.1, 0.15) is 53.3 Å². The number of thiazole rings is 1. The van der Waals surface area contributed by atoms with E-state index in [1.165, 1.54) is 30.6 Å². The van der Waals surface area contributed by atoms with Gasteiger partial charge in [-0.3, -0.25) is 9.59 Å². The third-order valence-electron chi connectivity index (χ3n) is 7.23. The van der Waals surface area contributed by atoms with Gasteiger partial charge in [-0.1, -0.05) is 0 Å². The lowest BCUT2D eigenvalue weighted by molar-refractivity contribution is -0.123. The van der Waals surface area contributed by atoms with Crippen LogP contribution in [-0.2, 0) is 15.8 Å². The van der Waals surface area contributed by atoms with Crippen molar-refractivity contribution in [3.05, 3.63) is 70.1 Å². The Bertz CT molecular complexity index is 1620. The van der Waals surface area contributed by atoms with Gasteiger partial charge in [0.05, 0.1) is 22.5 Å². The second-order valence-corrected chi connectivity index (χ2v) is 11.4. The maximum atomic E-state index is 13.6. The number of rotatable bonds is 8. The monoisotopic (exact) mass is 549 g/mol. The van der Waals surface area contributed by atoms with Crippen molar-refractivity contribution in [2.24, 2.45) is 5.73 Å². The molecule has 0 saturated heterocycles. The predicted molar refractivity (Wildman–Crippen MR) is 146 cm³/mol. The maximum Gasteiger partial charge on any atom is 0.231 e. The lowest BCUT2D eigenvalue weighted by Crippen LogP contribution is -2.40. The second kappa shape index (κ2) is 9.69. The molecular weight excluding hydrogens is 521 g/mol. The molecule has 3 heterocycles. The maximum absolute atomic E-state index is 13.6. The second-order valence-electron chi connectivity index (χ2n) is 10.2. The molecule has 8 nitrogen and oxygen atoms in total. The zero-order valence-electron chi connectivity index (χ0n) is 22.0. The Balaban J connectivity index is 1.49. The molecule has 202 valence electrons. The molecule has 10 heteroatoms. The van der Waals surface area contributed by atoms with E-state index in [4.69, 9.17) is 15.2 Å². The van der Waals surface area contributed by atoms with Crippen molar-refractivity contribution in [2.45, 2.75) is 44.6 Å². The number of aryl methyl sites for hydroxylation is 1. The number of hydrogen-bond donors (Lipinski definition) is 2. The van der Waals surface area contributed by atoms with Crippen LogP contribution in [0.15, 0.2) is 42.5 Å². The van der Waals surface area contributed by atoms with Gasteiger partial charge in [-0.15, -0.1) is 11.3 Å². The van der Waals surface area contributed by atoms with Gasteiger partial charge in [-0.25, -0.2) is 14.4 Å². The Kier molecular flexibility index (Phi) is 6.64. The van der Waals surface area contributed by atoms with Gasteiger partial charge in [0.25, 0.3) is 0 Å². The van der Waals surface area contributed by atoms with Crippen LogP contribution in [0.3, 0.4) is 0 Å². The summed E-state index contributed by atoms with van der Waals surface area (Å²) in [7, 11) is 1.53. The minimum Gasteiger partial charge on any atom is -0.494 e. The minimum absolute atomic E-state index is 0.0129. The molecule has 0 unspecified atom stereocenters. The summed E-state index contributed by atoms with van der Waals surface area (Å²) in [4.78, 5) is 34.8. The van der Waals surface area contributed by atoms with Gasteiger partial charge >= 0.3 is 0 Å². The van der Waals surface area contributed by atoms with Gasteiger partial charge < -0.3 is 20.3 Å². The number of halogens is 1. The largest absolute Gasteiger partial charge is 0.494 e. The number of carbonyl (C=O) groups excluding carboxylic acids is 2. The number of methoxy groups -OCH3 is 1. The Hall–Kier alpha value is -3.89. The van der Waals surface area contributed by atoms with Crippen molar-refractivity contribution in [2.75, 3.05) is 13.7 Å². The van der Waals surface area contributed by atoms with Crippen molar-refractivity contribution in [3.63, 3.8) is 0 Å². The highest BCUT2D eigenvalue weighted by molar-refractivity contribution is 7.18. The third-order valence-corrected chi connectivity index (χ3v) is 8.15. The zero-order chi connectivity index (χ0) is 28.1. The summed E-state index contributed by atoms with van der Waals surface area (Å²) in [6.07, 6.45) is 0.0738. The number of nitrogens with zero attached hydrogens (tertiary/aromatic N) is 2. The van der Waals surface area contributed by atoms with E-state index in [1.54, 1.807) is 44.2 Å². The fraction of sp³-hybridized carbons (Fsp3) is 0.310. The van der Waals surface area contributed by atoms with Crippen molar-refractivity contribution < 1.29 is 28.6 Å². The van der Waals surface area contributed by atoms with Crippen LogP contribution >= 0.6 is 11.3 Å². The number of aliphatic hydroxyl groups is 1. The molecule has 0 fully saturated rings. The van der Waals surface area contributed by atoms with Crippen LogP contribution in [0.5, 0.6) is 11.5 Å². The lowest BCUT2D eigenvalue weighted by atomic mass is 9.81. The third kappa shape index (κ3) is 4.74. The van der Waals surface area contributed by atoms with Gasteiger partial charge in [-0.2, -0.15) is 0 Å². The highest BCUT2D eigenvalue weighted by Crippen LogP contribution is 2.46. The Labute approximate surface area is 228 Å². The van der Waals surface area contributed by atoms with Crippen molar-refractivity contribution in [1.29, 1.82) is 0 Å². The molecule has 5 rings (SSSR count). The molecule has 39 heavy (non-hydrogen) atoms. The topological polar surface area (TPSA) is 125 Å². The molecule has 2 aromatic carbocycles. The van der Waals surface area contributed by atoms with Crippen molar-refractivity contribution in [1.82, 2.24) is 9.97 Å².